The van der Waals surface area contributed by atoms with Crippen LogP contribution in [0, 0.1) is 0 Å². The first-order valence-corrected chi connectivity index (χ1v) is 9.22. The van der Waals surface area contributed by atoms with Crippen LogP contribution in [0.4, 0.5) is 0 Å². The minimum Gasteiger partial charge on any atom is -0.0925 e. The Morgan fingerprint density at radius 1 is 0.500 bits per heavy atom. The number of hydrogen-bond donors (Lipinski definition) is 0. The second kappa shape index (κ2) is 11.2. The van der Waals surface area contributed by atoms with Crippen molar-refractivity contribution in [3.8, 4) is 0 Å². The maximum absolute atomic E-state index is 3.52. The normalized spacial score (nSPS) is 10.3. The number of hydrogen-bond acceptors (Lipinski definition) is 0. The Bertz CT molecular complexity index is 132. The second-order valence-electron chi connectivity index (χ2n) is 2.96. The predicted octanol–water partition coefficient (Wildman–Crippen LogP) is 5.42. The summed E-state index contributed by atoms with van der Waals surface area (Å²) in [6.45, 7) is 0. The van der Waals surface area contributed by atoms with Gasteiger partial charge in [-0.05, 0) is 25.7 Å². The van der Waals surface area contributed by atoms with Crippen LogP contribution in [-0.2, 0) is 0 Å². The molecule has 0 N–H and O–H groups in total. The van der Waals surface area contributed by atoms with E-state index in [9.17, 15) is 0 Å². The third-order valence-corrected chi connectivity index (χ3v) is 3.67. The van der Waals surface area contributed by atoms with Crippen LogP contribution in [0.5, 0.6) is 0 Å². The zero-order chi connectivity index (χ0) is 10.8. The minimum atomic E-state index is 1.07. The predicted molar refractivity (Wildman–Crippen MR) is 80.7 cm³/mol. The molecule has 0 spiro atoms. The lowest BCUT2D eigenvalue weighted by atomic mass is 9.99. The zero-order valence-corrected chi connectivity index (χ0v) is 14.5. The lowest BCUT2D eigenvalue weighted by molar-refractivity contribution is 0.888. The Kier molecular flexibility index (Phi) is 12.5. The third-order valence-electron chi connectivity index (χ3n) is 2.09. The van der Waals surface area contributed by atoms with Crippen LogP contribution < -0.4 is 0 Å². The van der Waals surface area contributed by atoms with Crippen molar-refractivity contribution >= 4 is 63.7 Å². The molecule has 0 saturated heterocycles. The minimum absolute atomic E-state index is 1.07. The molecule has 0 saturated carbocycles. The lowest BCUT2D eigenvalue weighted by Gasteiger charge is -2.12. The van der Waals surface area contributed by atoms with Crippen molar-refractivity contribution in [1.82, 2.24) is 0 Å². The summed E-state index contributed by atoms with van der Waals surface area (Å²) in [5.41, 5.74) is 3.25. The molecule has 0 aliphatic heterocycles. The Balaban J connectivity index is 4.45. The van der Waals surface area contributed by atoms with Gasteiger partial charge in [-0.1, -0.05) is 74.9 Å². The molecule has 0 bridgehead atoms. The molecule has 0 nitrogen and oxygen atoms in total. The van der Waals surface area contributed by atoms with Crippen LogP contribution in [0.15, 0.2) is 11.1 Å². The van der Waals surface area contributed by atoms with Gasteiger partial charge in [-0.25, -0.2) is 0 Å². The molecule has 0 atom stereocenters. The van der Waals surface area contributed by atoms with Gasteiger partial charge >= 0.3 is 0 Å². The van der Waals surface area contributed by atoms with E-state index in [4.69, 9.17) is 0 Å². The van der Waals surface area contributed by atoms with E-state index in [1.807, 2.05) is 0 Å². The molecule has 0 aromatic carbocycles. The van der Waals surface area contributed by atoms with E-state index in [1.54, 1.807) is 11.1 Å². The summed E-state index contributed by atoms with van der Waals surface area (Å²) in [4.78, 5) is 0. The fourth-order valence-corrected chi connectivity index (χ4v) is 3.33. The smallest absolute Gasteiger partial charge is 0.00686 e. The maximum Gasteiger partial charge on any atom is 0.00686 e. The third kappa shape index (κ3) is 7.02. The fraction of sp³-hybridized carbons (Fsp3) is 0.800. The van der Waals surface area contributed by atoms with Gasteiger partial charge in [0, 0.05) is 21.3 Å². The highest BCUT2D eigenvalue weighted by Crippen LogP contribution is 2.22. The van der Waals surface area contributed by atoms with Crippen molar-refractivity contribution in [2.24, 2.45) is 0 Å². The van der Waals surface area contributed by atoms with Crippen molar-refractivity contribution in [2.75, 3.05) is 21.3 Å². The van der Waals surface area contributed by atoms with Gasteiger partial charge in [0.05, 0.1) is 0 Å². The van der Waals surface area contributed by atoms with E-state index in [2.05, 4.69) is 63.7 Å². The number of halogens is 4. The molecule has 0 heterocycles. The molecule has 0 unspecified atom stereocenters. The standard InChI is InChI=1S/C10H16Br4/c11-5-1-9(2-6-12)10(3-7-13)4-8-14/h1-8H2. The monoisotopic (exact) mass is 452 g/mol. The molecular formula is C10H16Br4. The van der Waals surface area contributed by atoms with Gasteiger partial charge in [0.2, 0.25) is 0 Å². The summed E-state index contributed by atoms with van der Waals surface area (Å²) in [5, 5.41) is 4.29. The first-order valence-electron chi connectivity index (χ1n) is 4.73. The molecule has 84 valence electrons. The van der Waals surface area contributed by atoms with E-state index in [0.717, 1.165) is 21.3 Å². The van der Waals surface area contributed by atoms with Crippen molar-refractivity contribution in [2.45, 2.75) is 25.7 Å². The van der Waals surface area contributed by atoms with Crippen LogP contribution in [0.1, 0.15) is 25.7 Å². The Labute approximate surface area is 121 Å². The second-order valence-corrected chi connectivity index (χ2v) is 6.14. The van der Waals surface area contributed by atoms with Crippen LogP contribution in [0.2, 0.25) is 0 Å². The summed E-state index contributed by atoms with van der Waals surface area (Å²) in [6, 6.07) is 0. The molecule has 0 rings (SSSR count). The first kappa shape index (κ1) is 15.7. The number of alkyl halides is 4. The van der Waals surface area contributed by atoms with Gasteiger partial charge in [0.1, 0.15) is 0 Å². The molecule has 0 radical (unpaired) electrons. The van der Waals surface area contributed by atoms with E-state index in [-0.39, 0.29) is 0 Å². The molecule has 0 aromatic heterocycles. The molecule has 0 aliphatic rings. The Morgan fingerprint density at radius 3 is 0.857 bits per heavy atom. The molecule has 0 amide bonds. The highest BCUT2D eigenvalue weighted by molar-refractivity contribution is 9.09. The van der Waals surface area contributed by atoms with E-state index in [1.165, 1.54) is 25.7 Å². The Hall–Kier alpha value is 1.66. The highest BCUT2D eigenvalue weighted by Gasteiger charge is 2.05. The molecule has 4 heteroatoms. The van der Waals surface area contributed by atoms with Gasteiger partial charge in [-0.2, -0.15) is 0 Å². The topological polar surface area (TPSA) is 0 Å². The van der Waals surface area contributed by atoms with Gasteiger partial charge in [0.15, 0.2) is 0 Å². The summed E-state index contributed by atoms with van der Waals surface area (Å²) in [6.07, 6.45) is 4.73. The molecule has 0 fully saturated rings. The fourth-order valence-electron chi connectivity index (χ4n) is 1.41. The van der Waals surface area contributed by atoms with Crippen LogP contribution in [0.25, 0.3) is 0 Å². The zero-order valence-electron chi connectivity index (χ0n) is 8.17. The summed E-state index contributed by atoms with van der Waals surface area (Å²) < 4.78 is 0. The van der Waals surface area contributed by atoms with Crippen LogP contribution in [-0.4, -0.2) is 21.3 Å². The number of rotatable bonds is 8. The summed E-state index contributed by atoms with van der Waals surface area (Å²) in [7, 11) is 0. The van der Waals surface area contributed by atoms with Gasteiger partial charge in [-0.3, -0.25) is 0 Å². The largest absolute Gasteiger partial charge is 0.0925 e. The SMILES string of the molecule is BrCCC(CCBr)=C(CCBr)CCBr. The molecule has 14 heavy (non-hydrogen) atoms. The van der Waals surface area contributed by atoms with E-state index in [0.29, 0.717) is 0 Å². The summed E-state index contributed by atoms with van der Waals surface area (Å²) in [5.74, 6) is 0. The van der Waals surface area contributed by atoms with Gasteiger partial charge in [0.25, 0.3) is 0 Å². The van der Waals surface area contributed by atoms with Crippen molar-refractivity contribution in [3.63, 3.8) is 0 Å². The van der Waals surface area contributed by atoms with Crippen molar-refractivity contribution < 1.29 is 0 Å². The van der Waals surface area contributed by atoms with Crippen molar-refractivity contribution in [3.05, 3.63) is 11.1 Å². The van der Waals surface area contributed by atoms with Crippen molar-refractivity contribution in [1.29, 1.82) is 0 Å². The number of allylic oxidation sites excluding steroid dienone is 2. The summed E-state index contributed by atoms with van der Waals surface area (Å²) >= 11 is 14.1. The maximum atomic E-state index is 3.52. The van der Waals surface area contributed by atoms with E-state index >= 15 is 0 Å². The molecule has 0 aromatic rings. The van der Waals surface area contributed by atoms with Crippen LogP contribution >= 0.6 is 63.7 Å². The molecular weight excluding hydrogens is 440 g/mol. The quantitative estimate of drug-likeness (QED) is 0.338. The first-order chi connectivity index (χ1) is 6.79. The highest BCUT2D eigenvalue weighted by atomic mass is 79.9. The Morgan fingerprint density at radius 2 is 0.714 bits per heavy atom. The average molecular weight is 456 g/mol. The van der Waals surface area contributed by atoms with Gasteiger partial charge in [-0.15, -0.1) is 0 Å². The van der Waals surface area contributed by atoms with E-state index < -0.39 is 0 Å². The lowest BCUT2D eigenvalue weighted by Crippen LogP contribution is -1.97. The van der Waals surface area contributed by atoms with Crippen LogP contribution in [0.3, 0.4) is 0 Å². The molecule has 0 aliphatic carbocycles. The average Bonchev–Trinajstić information content (AvgIpc) is 2.17. The van der Waals surface area contributed by atoms with Gasteiger partial charge < -0.3 is 0 Å².